The van der Waals surface area contributed by atoms with Gasteiger partial charge >= 0.3 is 0 Å². The van der Waals surface area contributed by atoms with Gasteiger partial charge in [-0.15, -0.1) is 0 Å². The van der Waals surface area contributed by atoms with E-state index in [1.807, 2.05) is 17.0 Å². The second-order valence-electron chi connectivity index (χ2n) is 4.54. The number of hydrogen-bond acceptors (Lipinski definition) is 3. The largest absolute Gasteiger partial charge is 0.396 e. The van der Waals surface area contributed by atoms with Crippen molar-refractivity contribution in [3.05, 3.63) is 30.1 Å². The SMILES string of the molecule is O=C(Cc1ccncc1)N1CCC(CO)CC1. The first-order valence-electron chi connectivity index (χ1n) is 6.07. The van der Waals surface area contributed by atoms with Crippen LogP contribution >= 0.6 is 0 Å². The van der Waals surface area contributed by atoms with E-state index in [4.69, 9.17) is 5.11 Å². The summed E-state index contributed by atoms with van der Waals surface area (Å²) in [6, 6.07) is 3.75. The van der Waals surface area contributed by atoms with Gasteiger partial charge in [0, 0.05) is 32.1 Å². The molecule has 0 unspecified atom stereocenters. The molecular formula is C13H18N2O2. The second kappa shape index (κ2) is 5.77. The molecule has 92 valence electrons. The molecule has 1 saturated heterocycles. The highest BCUT2D eigenvalue weighted by atomic mass is 16.3. The first-order valence-corrected chi connectivity index (χ1v) is 6.07. The Balaban J connectivity index is 1.85. The van der Waals surface area contributed by atoms with E-state index in [-0.39, 0.29) is 12.5 Å². The number of rotatable bonds is 3. The fraction of sp³-hybridized carbons (Fsp3) is 0.538. The summed E-state index contributed by atoms with van der Waals surface area (Å²) in [5.41, 5.74) is 1.01. The van der Waals surface area contributed by atoms with Crippen LogP contribution in [0.25, 0.3) is 0 Å². The zero-order chi connectivity index (χ0) is 12.1. The zero-order valence-electron chi connectivity index (χ0n) is 9.88. The average molecular weight is 234 g/mol. The molecule has 0 aromatic carbocycles. The van der Waals surface area contributed by atoms with Gasteiger partial charge in [-0.05, 0) is 36.5 Å². The molecule has 1 amide bonds. The summed E-state index contributed by atoms with van der Waals surface area (Å²) in [7, 11) is 0. The van der Waals surface area contributed by atoms with Gasteiger partial charge in [-0.1, -0.05) is 0 Å². The van der Waals surface area contributed by atoms with Crippen molar-refractivity contribution < 1.29 is 9.90 Å². The summed E-state index contributed by atoms with van der Waals surface area (Å²) in [5.74, 6) is 0.549. The van der Waals surface area contributed by atoms with Crippen LogP contribution in [0.5, 0.6) is 0 Å². The minimum atomic E-state index is 0.174. The van der Waals surface area contributed by atoms with Gasteiger partial charge in [0.05, 0.1) is 6.42 Å². The van der Waals surface area contributed by atoms with Crippen LogP contribution in [0, 0.1) is 5.92 Å². The number of pyridine rings is 1. The normalized spacial score (nSPS) is 17.1. The van der Waals surface area contributed by atoms with Crippen molar-refractivity contribution in [2.24, 2.45) is 5.92 Å². The molecule has 0 aliphatic carbocycles. The Morgan fingerprint density at radius 3 is 2.59 bits per heavy atom. The molecule has 1 aromatic rings. The Kier molecular flexibility index (Phi) is 4.09. The standard InChI is InChI=1S/C13H18N2O2/c16-10-12-3-7-15(8-4-12)13(17)9-11-1-5-14-6-2-11/h1-2,5-6,12,16H,3-4,7-10H2. The van der Waals surface area contributed by atoms with E-state index >= 15 is 0 Å². The number of hydrogen-bond donors (Lipinski definition) is 1. The Hall–Kier alpha value is -1.42. The maximum atomic E-state index is 12.0. The van der Waals surface area contributed by atoms with Gasteiger partial charge in [-0.2, -0.15) is 0 Å². The quantitative estimate of drug-likeness (QED) is 0.843. The number of carbonyl (C=O) groups excluding carboxylic acids is 1. The lowest BCUT2D eigenvalue weighted by Crippen LogP contribution is -2.40. The van der Waals surface area contributed by atoms with Crippen LogP contribution in [-0.4, -0.2) is 40.6 Å². The molecule has 4 nitrogen and oxygen atoms in total. The van der Waals surface area contributed by atoms with Gasteiger partial charge in [0.25, 0.3) is 0 Å². The number of aromatic nitrogens is 1. The van der Waals surface area contributed by atoms with Crippen molar-refractivity contribution in [1.29, 1.82) is 0 Å². The topological polar surface area (TPSA) is 53.4 Å². The molecule has 1 aliphatic heterocycles. The summed E-state index contributed by atoms with van der Waals surface area (Å²) >= 11 is 0. The summed E-state index contributed by atoms with van der Waals surface area (Å²) in [6.07, 6.45) is 5.70. The van der Waals surface area contributed by atoms with E-state index in [1.165, 1.54) is 0 Å². The first-order chi connectivity index (χ1) is 8.29. The van der Waals surface area contributed by atoms with Crippen molar-refractivity contribution in [3.63, 3.8) is 0 Å². The zero-order valence-corrected chi connectivity index (χ0v) is 9.88. The van der Waals surface area contributed by atoms with Crippen LogP contribution in [-0.2, 0) is 11.2 Å². The summed E-state index contributed by atoms with van der Waals surface area (Å²) < 4.78 is 0. The van der Waals surface area contributed by atoms with E-state index in [0.717, 1.165) is 31.5 Å². The highest BCUT2D eigenvalue weighted by Crippen LogP contribution is 2.17. The smallest absolute Gasteiger partial charge is 0.226 e. The molecule has 17 heavy (non-hydrogen) atoms. The maximum Gasteiger partial charge on any atom is 0.226 e. The van der Waals surface area contributed by atoms with Crippen LogP contribution in [0.4, 0.5) is 0 Å². The maximum absolute atomic E-state index is 12.0. The van der Waals surface area contributed by atoms with Gasteiger partial charge in [0.15, 0.2) is 0 Å². The molecular weight excluding hydrogens is 216 g/mol. The Bertz CT molecular complexity index is 359. The molecule has 1 aliphatic rings. The second-order valence-corrected chi connectivity index (χ2v) is 4.54. The van der Waals surface area contributed by atoms with Crippen molar-refractivity contribution in [2.75, 3.05) is 19.7 Å². The number of aliphatic hydroxyl groups excluding tert-OH is 1. The Labute approximate surface area is 101 Å². The average Bonchev–Trinajstić information content (AvgIpc) is 2.40. The first kappa shape index (κ1) is 12.0. The number of amides is 1. The van der Waals surface area contributed by atoms with E-state index in [0.29, 0.717) is 12.3 Å². The van der Waals surface area contributed by atoms with Crippen LogP contribution in [0.3, 0.4) is 0 Å². The minimum absolute atomic E-state index is 0.174. The highest BCUT2D eigenvalue weighted by Gasteiger charge is 2.21. The fourth-order valence-corrected chi connectivity index (χ4v) is 2.15. The third-order valence-corrected chi connectivity index (χ3v) is 3.33. The number of piperidine rings is 1. The Morgan fingerprint density at radius 1 is 1.35 bits per heavy atom. The summed E-state index contributed by atoms with van der Waals surface area (Å²) in [5, 5.41) is 9.04. The lowest BCUT2D eigenvalue weighted by atomic mass is 9.97. The molecule has 1 aromatic heterocycles. The highest BCUT2D eigenvalue weighted by molar-refractivity contribution is 5.78. The predicted octanol–water partition coefficient (Wildman–Crippen LogP) is 0.855. The predicted molar refractivity (Wildman–Crippen MR) is 64.3 cm³/mol. The third kappa shape index (κ3) is 3.27. The number of carbonyl (C=O) groups is 1. The molecule has 4 heteroatoms. The molecule has 0 radical (unpaired) electrons. The van der Waals surface area contributed by atoms with Gasteiger partial charge < -0.3 is 10.0 Å². The van der Waals surface area contributed by atoms with Crippen LogP contribution in [0.2, 0.25) is 0 Å². The number of likely N-dealkylation sites (tertiary alicyclic amines) is 1. The molecule has 0 saturated carbocycles. The molecule has 0 bridgehead atoms. The van der Waals surface area contributed by atoms with Crippen molar-refractivity contribution in [1.82, 2.24) is 9.88 Å². The van der Waals surface area contributed by atoms with E-state index in [1.54, 1.807) is 12.4 Å². The van der Waals surface area contributed by atoms with Crippen LogP contribution in [0.15, 0.2) is 24.5 Å². The monoisotopic (exact) mass is 234 g/mol. The van der Waals surface area contributed by atoms with E-state index in [2.05, 4.69) is 4.98 Å². The fourth-order valence-electron chi connectivity index (χ4n) is 2.15. The molecule has 2 rings (SSSR count). The summed E-state index contributed by atoms with van der Waals surface area (Å²) in [4.78, 5) is 17.8. The van der Waals surface area contributed by atoms with Crippen molar-refractivity contribution >= 4 is 5.91 Å². The number of nitrogens with zero attached hydrogens (tertiary/aromatic N) is 2. The van der Waals surface area contributed by atoms with Gasteiger partial charge in [0.2, 0.25) is 5.91 Å². The lowest BCUT2D eigenvalue weighted by molar-refractivity contribution is -0.132. The molecule has 0 atom stereocenters. The Morgan fingerprint density at radius 2 is 2.00 bits per heavy atom. The molecule has 0 spiro atoms. The van der Waals surface area contributed by atoms with Gasteiger partial charge in [-0.3, -0.25) is 9.78 Å². The van der Waals surface area contributed by atoms with Gasteiger partial charge in [-0.25, -0.2) is 0 Å². The molecule has 2 heterocycles. The van der Waals surface area contributed by atoms with Crippen LogP contribution in [0.1, 0.15) is 18.4 Å². The summed E-state index contributed by atoms with van der Waals surface area (Å²) in [6.45, 7) is 1.79. The van der Waals surface area contributed by atoms with Crippen LogP contribution < -0.4 is 0 Å². The number of aliphatic hydroxyl groups is 1. The van der Waals surface area contributed by atoms with E-state index < -0.39 is 0 Å². The van der Waals surface area contributed by atoms with Crippen molar-refractivity contribution in [2.45, 2.75) is 19.3 Å². The van der Waals surface area contributed by atoms with Crippen molar-refractivity contribution in [3.8, 4) is 0 Å². The van der Waals surface area contributed by atoms with Gasteiger partial charge in [0.1, 0.15) is 0 Å². The minimum Gasteiger partial charge on any atom is -0.396 e. The molecule has 1 fully saturated rings. The lowest BCUT2D eigenvalue weighted by Gasteiger charge is -2.31. The molecule has 1 N–H and O–H groups in total. The van der Waals surface area contributed by atoms with E-state index in [9.17, 15) is 4.79 Å². The third-order valence-electron chi connectivity index (χ3n) is 3.33.